The lowest BCUT2D eigenvalue weighted by atomic mass is 9.85. The lowest BCUT2D eigenvalue weighted by molar-refractivity contribution is -0.121. The van der Waals surface area contributed by atoms with Crippen molar-refractivity contribution in [1.29, 1.82) is 0 Å². The molecule has 126 valence electrons. The zero-order valence-corrected chi connectivity index (χ0v) is 15.1. The van der Waals surface area contributed by atoms with Crippen LogP contribution in [0, 0.1) is 0 Å². The summed E-state index contributed by atoms with van der Waals surface area (Å²) in [6.07, 6.45) is 0.577. The Kier molecular flexibility index (Phi) is 5.26. The van der Waals surface area contributed by atoms with E-state index in [0.717, 1.165) is 17.0 Å². The molecule has 24 heavy (non-hydrogen) atoms. The van der Waals surface area contributed by atoms with E-state index in [1.807, 2.05) is 47.5 Å². The van der Waals surface area contributed by atoms with Gasteiger partial charge in [0, 0.05) is 22.4 Å². The summed E-state index contributed by atoms with van der Waals surface area (Å²) in [5.41, 5.74) is 7.24. The summed E-state index contributed by atoms with van der Waals surface area (Å²) in [5.74, 6) is 0.710. The van der Waals surface area contributed by atoms with Gasteiger partial charge in [-0.25, -0.2) is 0 Å². The Balaban J connectivity index is 1.75. The van der Waals surface area contributed by atoms with Gasteiger partial charge in [-0.2, -0.15) is 0 Å². The fourth-order valence-electron chi connectivity index (χ4n) is 3.17. The first-order valence-corrected chi connectivity index (χ1v) is 9.91. The Morgan fingerprint density at radius 2 is 2.08 bits per heavy atom. The average molecular weight is 361 g/mol. The van der Waals surface area contributed by atoms with Gasteiger partial charge in [-0.3, -0.25) is 9.59 Å². The van der Waals surface area contributed by atoms with Gasteiger partial charge in [0.05, 0.1) is 11.7 Å². The lowest BCUT2D eigenvalue weighted by Gasteiger charge is -2.38. The number of fused-ring (bicyclic) bond motifs is 1. The molecular formula is C18H20N2O2S2. The summed E-state index contributed by atoms with van der Waals surface area (Å²) in [6, 6.07) is 11.7. The number of hydrogen-bond acceptors (Lipinski definition) is 4. The van der Waals surface area contributed by atoms with Crippen LogP contribution < -0.4 is 10.6 Å². The van der Waals surface area contributed by atoms with Crippen LogP contribution in [0.5, 0.6) is 0 Å². The van der Waals surface area contributed by atoms with Gasteiger partial charge in [-0.15, -0.1) is 23.1 Å². The molecule has 0 unspecified atom stereocenters. The number of carbonyl (C=O) groups excluding carboxylic acids is 2. The quantitative estimate of drug-likeness (QED) is 0.889. The fraction of sp³-hybridized carbons (Fsp3) is 0.333. The standard InChI is InChI=1S/C18H20N2O2S2/c1-12-9-15(18(19)22)14-6-2-3-7-16(14)20(12)17(21)11-23-10-13-5-4-8-24-13/h2-8,12,15H,9-11H2,1H3,(H2,19,22)/t12-,15+/m0/s1. The molecule has 0 bridgehead atoms. The van der Waals surface area contributed by atoms with Crippen LogP contribution in [-0.2, 0) is 15.3 Å². The van der Waals surface area contributed by atoms with E-state index in [4.69, 9.17) is 5.73 Å². The molecule has 0 fully saturated rings. The van der Waals surface area contributed by atoms with E-state index in [0.29, 0.717) is 12.2 Å². The molecule has 4 nitrogen and oxygen atoms in total. The number of thiophene rings is 1. The van der Waals surface area contributed by atoms with Crippen LogP contribution in [0.2, 0.25) is 0 Å². The van der Waals surface area contributed by atoms with E-state index >= 15 is 0 Å². The maximum Gasteiger partial charge on any atom is 0.237 e. The summed E-state index contributed by atoms with van der Waals surface area (Å²) < 4.78 is 0. The smallest absolute Gasteiger partial charge is 0.237 e. The van der Waals surface area contributed by atoms with Crippen molar-refractivity contribution in [2.75, 3.05) is 10.7 Å². The third-order valence-corrected chi connectivity index (χ3v) is 6.28. The zero-order chi connectivity index (χ0) is 17.1. The maximum atomic E-state index is 12.8. The van der Waals surface area contributed by atoms with Gasteiger partial charge in [-0.1, -0.05) is 24.3 Å². The van der Waals surface area contributed by atoms with Crippen molar-refractivity contribution >= 4 is 40.6 Å². The van der Waals surface area contributed by atoms with Crippen LogP contribution in [0.15, 0.2) is 41.8 Å². The monoisotopic (exact) mass is 360 g/mol. The first-order chi connectivity index (χ1) is 11.6. The van der Waals surface area contributed by atoms with Gasteiger partial charge in [0.1, 0.15) is 0 Å². The van der Waals surface area contributed by atoms with Crippen molar-refractivity contribution in [2.24, 2.45) is 5.73 Å². The maximum absolute atomic E-state index is 12.8. The number of benzene rings is 1. The van der Waals surface area contributed by atoms with Gasteiger partial charge < -0.3 is 10.6 Å². The van der Waals surface area contributed by atoms with E-state index < -0.39 is 0 Å². The van der Waals surface area contributed by atoms with Crippen LogP contribution in [0.25, 0.3) is 0 Å². The number of anilines is 1. The predicted molar refractivity (Wildman–Crippen MR) is 100 cm³/mol. The van der Waals surface area contributed by atoms with Crippen molar-refractivity contribution in [1.82, 2.24) is 0 Å². The molecule has 0 spiro atoms. The van der Waals surface area contributed by atoms with Gasteiger partial charge in [0.25, 0.3) is 0 Å². The number of thioether (sulfide) groups is 1. The van der Waals surface area contributed by atoms with Crippen molar-refractivity contribution in [3.63, 3.8) is 0 Å². The number of hydrogen-bond donors (Lipinski definition) is 1. The third-order valence-electron chi connectivity index (χ3n) is 4.25. The first kappa shape index (κ1) is 17.0. The second-order valence-electron chi connectivity index (χ2n) is 5.93. The SMILES string of the molecule is C[C@H]1C[C@@H](C(N)=O)c2ccccc2N1C(=O)CSCc1cccs1. The molecule has 1 aliphatic rings. The van der Waals surface area contributed by atoms with E-state index in [-0.39, 0.29) is 23.8 Å². The normalized spacial score (nSPS) is 19.8. The fourth-order valence-corrected chi connectivity index (χ4v) is 4.89. The molecular weight excluding hydrogens is 340 g/mol. The molecule has 2 amide bonds. The Labute approximate surface area is 150 Å². The highest BCUT2D eigenvalue weighted by Crippen LogP contribution is 2.38. The second-order valence-corrected chi connectivity index (χ2v) is 7.95. The largest absolute Gasteiger partial charge is 0.369 e. The summed E-state index contributed by atoms with van der Waals surface area (Å²) in [5, 5.41) is 2.05. The molecule has 2 N–H and O–H groups in total. The topological polar surface area (TPSA) is 63.4 Å². The van der Waals surface area contributed by atoms with Gasteiger partial charge in [0.2, 0.25) is 11.8 Å². The molecule has 0 aliphatic carbocycles. The molecule has 0 saturated heterocycles. The second kappa shape index (κ2) is 7.40. The first-order valence-electron chi connectivity index (χ1n) is 7.88. The van der Waals surface area contributed by atoms with Crippen LogP contribution in [0.3, 0.4) is 0 Å². The third kappa shape index (κ3) is 3.49. The number of para-hydroxylation sites is 1. The minimum absolute atomic E-state index is 0.0350. The molecule has 1 aromatic carbocycles. The number of nitrogens with zero attached hydrogens (tertiary/aromatic N) is 1. The number of amides is 2. The van der Waals surface area contributed by atoms with Crippen LogP contribution in [-0.4, -0.2) is 23.6 Å². The predicted octanol–water partition coefficient (Wildman–Crippen LogP) is 3.38. The summed E-state index contributed by atoms with van der Waals surface area (Å²) in [4.78, 5) is 27.6. The van der Waals surface area contributed by atoms with Crippen LogP contribution >= 0.6 is 23.1 Å². The molecule has 0 radical (unpaired) electrons. The van der Waals surface area contributed by atoms with Gasteiger partial charge in [-0.05, 0) is 36.4 Å². The molecule has 2 atom stereocenters. The summed E-state index contributed by atoms with van der Waals surface area (Å²) in [7, 11) is 0. The molecule has 2 aromatic rings. The zero-order valence-electron chi connectivity index (χ0n) is 13.5. The van der Waals surface area contributed by atoms with Crippen molar-refractivity contribution in [3.05, 3.63) is 52.2 Å². The van der Waals surface area contributed by atoms with Crippen LogP contribution in [0.4, 0.5) is 5.69 Å². The van der Waals surface area contributed by atoms with Gasteiger partial charge >= 0.3 is 0 Å². The summed E-state index contributed by atoms with van der Waals surface area (Å²) in [6.45, 7) is 1.98. The molecule has 2 heterocycles. The highest BCUT2D eigenvalue weighted by Gasteiger charge is 2.35. The molecule has 1 aromatic heterocycles. The Hall–Kier alpha value is -1.79. The Morgan fingerprint density at radius 3 is 2.79 bits per heavy atom. The highest BCUT2D eigenvalue weighted by molar-refractivity contribution is 7.99. The van der Waals surface area contributed by atoms with E-state index in [2.05, 4.69) is 6.07 Å². The van der Waals surface area contributed by atoms with Crippen molar-refractivity contribution < 1.29 is 9.59 Å². The number of primary amides is 1. The molecule has 1 aliphatic heterocycles. The number of nitrogens with two attached hydrogens (primary N) is 1. The minimum atomic E-state index is -0.325. The molecule has 3 rings (SSSR count). The number of rotatable bonds is 5. The van der Waals surface area contributed by atoms with Crippen molar-refractivity contribution in [2.45, 2.75) is 31.1 Å². The highest BCUT2D eigenvalue weighted by atomic mass is 32.2. The minimum Gasteiger partial charge on any atom is -0.369 e. The van der Waals surface area contributed by atoms with Crippen LogP contribution in [0.1, 0.15) is 29.7 Å². The Bertz CT molecular complexity index is 730. The van der Waals surface area contributed by atoms with Crippen molar-refractivity contribution in [3.8, 4) is 0 Å². The number of carbonyl (C=O) groups is 2. The lowest BCUT2D eigenvalue weighted by Crippen LogP contribution is -2.46. The van der Waals surface area contributed by atoms with E-state index in [1.165, 1.54) is 4.88 Å². The van der Waals surface area contributed by atoms with E-state index in [9.17, 15) is 9.59 Å². The van der Waals surface area contributed by atoms with E-state index in [1.54, 1.807) is 23.1 Å². The summed E-state index contributed by atoms with van der Waals surface area (Å²) >= 11 is 3.33. The molecule has 0 saturated carbocycles. The Morgan fingerprint density at radius 1 is 1.29 bits per heavy atom. The average Bonchev–Trinajstić information content (AvgIpc) is 3.07. The molecule has 6 heteroatoms. The van der Waals surface area contributed by atoms with Gasteiger partial charge in [0.15, 0.2) is 0 Å².